The fraction of sp³-hybridized carbons (Fsp3) is 0.231. The minimum atomic E-state index is -0.217. The molecule has 1 aliphatic rings. The summed E-state index contributed by atoms with van der Waals surface area (Å²) >= 11 is 8.97. The highest BCUT2D eigenvalue weighted by Gasteiger charge is 2.20. The van der Waals surface area contributed by atoms with Crippen molar-refractivity contribution in [2.75, 3.05) is 11.5 Å². The van der Waals surface area contributed by atoms with E-state index in [1.165, 1.54) is 0 Å². The van der Waals surface area contributed by atoms with E-state index < -0.39 is 0 Å². The number of thioether (sulfide) groups is 2. The topological polar surface area (TPSA) is 40.9 Å². The van der Waals surface area contributed by atoms with Crippen molar-refractivity contribution >= 4 is 40.9 Å². The first-order valence-electron chi connectivity index (χ1n) is 5.42. The van der Waals surface area contributed by atoms with Gasteiger partial charge in [0.2, 0.25) is 5.78 Å². The molecule has 0 bridgehead atoms. The lowest BCUT2D eigenvalue weighted by Crippen LogP contribution is -2.05. The number of halogens is 1. The molecule has 2 rings (SSSR count). The zero-order valence-corrected chi connectivity index (χ0v) is 11.9. The van der Waals surface area contributed by atoms with Gasteiger partial charge in [0.15, 0.2) is 0 Å². The van der Waals surface area contributed by atoms with Gasteiger partial charge in [0.25, 0.3) is 0 Å². The molecule has 0 saturated carbocycles. The van der Waals surface area contributed by atoms with Crippen molar-refractivity contribution in [3.05, 3.63) is 44.7 Å². The molecule has 0 unspecified atom stereocenters. The van der Waals surface area contributed by atoms with E-state index in [4.69, 9.17) is 11.6 Å². The monoisotopic (exact) mass is 295 g/mol. The zero-order valence-electron chi connectivity index (χ0n) is 9.48. The molecule has 0 aromatic heterocycles. The molecule has 0 radical (unpaired) electrons. The van der Waals surface area contributed by atoms with Crippen LogP contribution in [-0.2, 0) is 0 Å². The molecule has 1 fully saturated rings. The summed E-state index contributed by atoms with van der Waals surface area (Å²) in [5, 5.41) is 9.77. The molecule has 92 valence electrons. The molecule has 0 spiro atoms. The molecule has 0 N–H and O–H groups in total. The van der Waals surface area contributed by atoms with Crippen LogP contribution in [0.3, 0.4) is 0 Å². The van der Waals surface area contributed by atoms with Gasteiger partial charge in [-0.25, -0.2) is 0 Å². The molecule has 0 amide bonds. The van der Waals surface area contributed by atoms with Crippen LogP contribution in [0.1, 0.15) is 16.8 Å². The van der Waals surface area contributed by atoms with Crippen LogP contribution >= 0.6 is 35.1 Å². The maximum Gasteiger partial charge on any atom is 0.205 e. The SMILES string of the molecule is N#CC(C(=O)c1ccc(Cl)cc1)=C1SCCCS1. The Bertz CT molecular complexity index is 523. The Morgan fingerprint density at radius 2 is 1.83 bits per heavy atom. The summed E-state index contributed by atoms with van der Waals surface area (Å²) in [5.41, 5.74) is 0.766. The van der Waals surface area contributed by atoms with E-state index in [-0.39, 0.29) is 11.4 Å². The van der Waals surface area contributed by atoms with Gasteiger partial charge < -0.3 is 0 Å². The molecule has 18 heavy (non-hydrogen) atoms. The van der Waals surface area contributed by atoms with E-state index in [0.717, 1.165) is 22.2 Å². The van der Waals surface area contributed by atoms with Gasteiger partial charge in [0.05, 0.1) is 4.24 Å². The second-order valence-electron chi connectivity index (χ2n) is 3.66. The molecule has 0 atom stereocenters. The van der Waals surface area contributed by atoms with E-state index in [0.29, 0.717) is 10.6 Å². The highest BCUT2D eigenvalue weighted by atomic mass is 35.5. The fourth-order valence-electron chi connectivity index (χ4n) is 1.51. The van der Waals surface area contributed by atoms with Crippen LogP contribution in [0, 0.1) is 11.3 Å². The van der Waals surface area contributed by atoms with Gasteiger partial charge in [-0.1, -0.05) is 11.6 Å². The van der Waals surface area contributed by atoms with Crippen molar-refractivity contribution in [1.82, 2.24) is 0 Å². The molecule has 2 nitrogen and oxygen atoms in total. The van der Waals surface area contributed by atoms with E-state index in [1.54, 1.807) is 47.8 Å². The fourth-order valence-corrected chi connectivity index (χ4v) is 4.16. The second kappa shape index (κ2) is 6.33. The highest BCUT2D eigenvalue weighted by molar-refractivity contribution is 8.22. The third kappa shape index (κ3) is 3.11. The van der Waals surface area contributed by atoms with E-state index >= 15 is 0 Å². The standard InChI is InChI=1S/C13H10ClNOS2/c14-10-4-2-9(3-5-10)12(16)11(8-15)13-17-6-1-7-18-13/h2-5H,1,6-7H2. The summed E-state index contributed by atoms with van der Waals surface area (Å²) < 4.78 is 0.851. The summed E-state index contributed by atoms with van der Waals surface area (Å²) in [6, 6.07) is 8.67. The Balaban J connectivity index is 2.31. The predicted molar refractivity (Wildman–Crippen MR) is 78.0 cm³/mol. The summed E-state index contributed by atoms with van der Waals surface area (Å²) in [7, 11) is 0. The highest BCUT2D eigenvalue weighted by Crippen LogP contribution is 2.37. The number of ketones is 1. The molecular weight excluding hydrogens is 286 g/mol. The normalized spacial score (nSPS) is 15.0. The minimum Gasteiger partial charge on any atom is -0.288 e. The van der Waals surface area contributed by atoms with E-state index in [9.17, 15) is 10.1 Å². The summed E-state index contributed by atoms with van der Waals surface area (Å²) in [6.07, 6.45) is 1.12. The quantitative estimate of drug-likeness (QED) is 0.467. The first kappa shape index (κ1) is 13.5. The lowest BCUT2D eigenvalue weighted by molar-refractivity contribution is 0.103. The molecule has 1 aromatic carbocycles. The first-order valence-corrected chi connectivity index (χ1v) is 7.77. The Labute approximate surface area is 119 Å². The summed E-state index contributed by atoms with van der Waals surface area (Å²) in [5.74, 6) is 1.73. The average molecular weight is 296 g/mol. The maximum absolute atomic E-state index is 12.2. The van der Waals surface area contributed by atoms with Crippen molar-refractivity contribution in [2.24, 2.45) is 0 Å². The van der Waals surface area contributed by atoms with Gasteiger partial charge in [0, 0.05) is 10.6 Å². The lowest BCUT2D eigenvalue weighted by atomic mass is 10.1. The van der Waals surface area contributed by atoms with Gasteiger partial charge in [-0.05, 0) is 42.2 Å². The zero-order chi connectivity index (χ0) is 13.0. The van der Waals surface area contributed by atoms with Crippen molar-refractivity contribution in [2.45, 2.75) is 6.42 Å². The molecule has 1 aromatic rings. The smallest absolute Gasteiger partial charge is 0.205 e. The number of hydrogen-bond donors (Lipinski definition) is 0. The first-order chi connectivity index (χ1) is 8.72. The average Bonchev–Trinajstić information content (AvgIpc) is 2.41. The van der Waals surface area contributed by atoms with E-state index in [2.05, 4.69) is 0 Å². The Morgan fingerprint density at radius 3 is 2.39 bits per heavy atom. The van der Waals surface area contributed by atoms with Crippen LogP contribution in [-0.4, -0.2) is 17.3 Å². The molecular formula is C13H10ClNOS2. The summed E-state index contributed by atoms with van der Waals surface area (Å²) in [4.78, 5) is 12.2. The molecule has 1 aliphatic heterocycles. The molecule has 0 aliphatic carbocycles. The van der Waals surface area contributed by atoms with Gasteiger partial charge in [-0.3, -0.25) is 4.79 Å². The van der Waals surface area contributed by atoms with Crippen LogP contribution in [0.2, 0.25) is 5.02 Å². The third-order valence-corrected chi connectivity index (χ3v) is 5.28. The maximum atomic E-state index is 12.2. The van der Waals surface area contributed by atoms with Crippen molar-refractivity contribution < 1.29 is 4.79 Å². The number of Topliss-reactive ketones (excluding diaryl/α,β-unsaturated/α-hetero) is 1. The third-order valence-electron chi connectivity index (χ3n) is 2.40. The van der Waals surface area contributed by atoms with Crippen molar-refractivity contribution in [3.8, 4) is 6.07 Å². The predicted octanol–water partition coefficient (Wildman–Crippen LogP) is 4.13. The Morgan fingerprint density at radius 1 is 1.22 bits per heavy atom. The number of rotatable bonds is 2. The van der Waals surface area contributed by atoms with Crippen LogP contribution in [0.25, 0.3) is 0 Å². The number of hydrogen-bond acceptors (Lipinski definition) is 4. The largest absolute Gasteiger partial charge is 0.288 e. The Hall–Kier alpha value is -0.890. The second-order valence-corrected chi connectivity index (χ2v) is 6.57. The van der Waals surface area contributed by atoms with Crippen LogP contribution < -0.4 is 0 Å². The van der Waals surface area contributed by atoms with Crippen LogP contribution in [0.5, 0.6) is 0 Å². The van der Waals surface area contributed by atoms with Crippen LogP contribution in [0.15, 0.2) is 34.1 Å². The van der Waals surface area contributed by atoms with Crippen molar-refractivity contribution in [3.63, 3.8) is 0 Å². The van der Waals surface area contributed by atoms with Gasteiger partial charge >= 0.3 is 0 Å². The number of nitriles is 1. The number of carbonyl (C=O) groups excluding carboxylic acids is 1. The minimum absolute atomic E-state index is 0.217. The van der Waals surface area contributed by atoms with Gasteiger partial charge in [-0.2, -0.15) is 5.26 Å². The number of benzene rings is 1. The van der Waals surface area contributed by atoms with Gasteiger partial charge in [0.1, 0.15) is 11.6 Å². The number of nitrogens with zero attached hydrogens (tertiary/aromatic N) is 1. The Kier molecular flexibility index (Phi) is 4.76. The number of allylic oxidation sites excluding steroid dienone is 1. The van der Waals surface area contributed by atoms with E-state index in [1.807, 2.05) is 6.07 Å². The van der Waals surface area contributed by atoms with Crippen LogP contribution in [0.4, 0.5) is 0 Å². The lowest BCUT2D eigenvalue weighted by Gasteiger charge is -2.14. The number of carbonyl (C=O) groups is 1. The van der Waals surface area contributed by atoms with Crippen molar-refractivity contribution in [1.29, 1.82) is 5.26 Å². The molecule has 1 heterocycles. The summed E-state index contributed by atoms with van der Waals surface area (Å²) in [6.45, 7) is 0. The molecule has 1 saturated heterocycles. The molecule has 5 heteroatoms. The van der Waals surface area contributed by atoms with Gasteiger partial charge in [-0.15, -0.1) is 23.5 Å².